The highest BCUT2D eigenvalue weighted by molar-refractivity contribution is 7.90. The quantitative estimate of drug-likeness (QED) is 0.677. The van der Waals surface area contributed by atoms with E-state index in [1.807, 2.05) is 0 Å². The number of benzene rings is 1. The Bertz CT molecular complexity index is 1240. The number of hydrogen-bond acceptors (Lipinski definition) is 4. The summed E-state index contributed by atoms with van der Waals surface area (Å²) in [6.45, 7) is 0. The first-order valence-corrected chi connectivity index (χ1v) is 11.1. The molecule has 10 heteroatoms. The van der Waals surface area contributed by atoms with Gasteiger partial charge in [0.1, 0.15) is 0 Å². The number of nitrogens with one attached hydrogen (secondary N) is 1. The van der Waals surface area contributed by atoms with Crippen molar-refractivity contribution in [2.45, 2.75) is 36.1 Å². The number of carbonyl (C=O) groups is 1. The minimum atomic E-state index is -4.49. The molecule has 1 saturated carbocycles. The maximum Gasteiger partial charge on any atom is 0.416 e. The summed E-state index contributed by atoms with van der Waals surface area (Å²) in [4.78, 5) is 17.1. The van der Waals surface area contributed by atoms with Crippen LogP contribution in [0, 0.1) is 0 Å². The van der Waals surface area contributed by atoms with E-state index in [1.165, 1.54) is 16.7 Å². The molecule has 0 saturated heterocycles. The molecule has 3 aromatic rings. The maximum atomic E-state index is 13.1. The van der Waals surface area contributed by atoms with Crippen molar-refractivity contribution >= 4 is 21.3 Å². The molecule has 0 unspecified atom stereocenters. The van der Waals surface area contributed by atoms with E-state index in [-0.39, 0.29) is 10.9 Å². The van der Waals surface area contributed by atoms with Gasteiger partial charge in [-0.05, 0) is 49.1 Å². The third kappa shape index (κ3) is 3.45. The number of nitrogens with zero attached hydrogens (tertiary/aromatic N) is 2. The van der Waals surface area contributed by atoms with E-state index in [9.17, 15) is 26.4 Å². The van der Waals surface area contributed by atoms with Gasteiger partial charge in [0.25, 0.3) is 5.91 Å². The zero-order valence-electron chi connectivity index (χ0n) is 15.9. The van der Waals surface area contributed by atoms with Crippen molar-refractivity contribution in [2.75, 3.05) is 6.26 Å². The van der Waals surface area contributed by atoms with Crippen LogP contribution in [-0.2, 0) is 21.6 Å². The highest BCUT2D eigenvalue weighted by atomic mass is 32.2. The smallest absolute Gasteiger partial charge is 0.341 e. The normalized spacial score (nSPS) is 16.3. The molecule has 0 atom stereocenters. The van der Waals surface area contributed by atoms with Crippen LogP contribution in [0.2, 0.25) is 0 Å². The van der Waals surface area contributed by atoms with Crippen molar-refractivity contribution in [3.8, 4) is 0 Å². The summed E-state index contributed by atoms with van der Waals surface area (Å²) in [5.74, 6) is -0.634. The fourth-order valence-electron chi connectivity index (χ4n) is 3.72. The van der Waals surface area contributed by atoms with Gasteiger partial charge >= 0.3 is 6.18 Å². The fraction of sp³-hybridized carbons (Fsp3) is 0.300. The SMILES string of the molecule is CS(=O)(=O)c1nc(C(=O)NC2(c3cccc(C(F)(F)F)c3)CCC2)c2ccccn12. The van der Waals surface area contributed by atoms with Crippen LogP contribution in [0.25, 0.3) is 5.52 Å². The highest BCUT2D eigenvalue weighted by Crippen LogP contribution is 2.43. The van der Waals surface area contributed by atoms with Crippen molar-refractivity contribution in [1.82, 2.24) is 14.7 Å². The number of sulfone groups is 1. The molecule has 158 valence electrons. The summed E-state index contributed by atoms with van der Waals surface area (Å²) in [7, 11) is -3.70. The summed E-state index contributed by atoms with van der Waals surface area (Å²) < 4.78 is 64.9. The molecule has 0 aliphatic heterocycles. The van der Waals surface area contributed by atoms with Crippen LogP contribution in [0.4, 0.5) is 13.2 Å². The topological polar surface area (TPSA) is 80.5 Å². The largest absolute Gasteiger partial charge is 0.416 e. The first-order chi connectivity index (χ1) is 14.0. The van der Waals surface area contributed by atoms with Crippen molar-refractivity contribution in [2.24, 2.45) is 0 Å². The van der Waals surface area contributed by atoms with Crippen LogP contribution >= 0.6 is 0 Å². The Morgan fingerprint density at radius 1 is 1.17 bits per heavy atom. The third-order valence-corrected chi connectivity index (χ3v) is 6.32. The maximum absolute atomic E-state index is 13.1. The van der Waals surface area contributed by atoms with E-state index in [2.05, 4.69) is 10.3 Å². The Hall–Kier alpha value is -2.88. The molecular formula is C20H18F3N3O3S. The molecule has 1 fully saturated rings. The molecule has 6 nitrogen and oxygen atoms in total. The van der Waals surface area contributed by atoms with E-state index in [4.69, 9.17) is 0 Å². The number of carbonyl (C=O) groups excluding carboxylic acids is 1. The molecule has 4 rings (SSSR count). The molecule has 30 heavy (non-hydrogen) atoms. The monoisotopic (exact) mass is 437 g/mol. The van der Waals surface area contributed by atoms with Gasteiger partial charge in [0.15, 0.2) is 5.69 Å². The lowest BCUT2D eigenvalue weighted by molar-refractivity contribution is -0.137. The minimum Gasteiger partial charge on any atom is -0.341 e. The van der Waals surface area contributed by atoms with Gasteiger partial charge < -0.3 is 5.32 Å². The average molecular weight is 437 g/mol. The standard InChI is InChI=1S/C20H18F3N3O3S/c1-30(28,29)18-24-16(15-8-2-3-11-26(15)18)17(27)25-19(9-5-10-19)13-6-4-7-14(12-13)20(21,22)23/h2-4,6-8,11-12H,5,9-10H2,1H3,(H,25,27). The lowest BCUT2D eigenvalue weighted by Crippen LogP contribution is -2.51. The van der Waals surface area contributed by atoms with Gasteiger partial charge in [0.2, 0.25) is 15.0 Å². The Kier molecular flexibility index (Phi) is 4.64. The van der Waals surface area contributed by atoms with Crippen LogP contribution in [0.5, 0.6) is 0 Å². The average Bonchev–Trinajstić information content (AvgIpc) is 3.04. The molecule has 0 bridgehead atoms. The molecule has 2 heterocycles. The van der Waals surface area contributed by atoms with Crippen LogP contribution in [-0.4, -0.2) is 30.0 Å². The van der Waals surface area contributed by atoms with Gasteiger partial charge in [0, 0.05) is 12.5 Å². The summed E-state index contributed by atoms with van der Waals surface area (Å²) in [5.41, 5.74) is -1.16. The summed E-state index contributed by atoms with van der Waals surface area (Å²) in [6.07, 6.45) is -0.312. The molecule has 1 aliphatic carbocycles. The fourth-order valence-corrected chi connectivity index (χ4v) is 4.50. The number of rotatable bonds is 4. The number of imidazole rings is 1. The number of hydrogen-bond donors (Lipinski definition) is 1. The Balaban J connectivity index is 1.74. The lowest BCUT2D eigenvalue weighted by atomic mass is 9.71. The lowest BCUT2D eigenvalue weighted by Gasteiger charge is -2.43. The second-order valence-corrected chi connectivity index (χ2v) is 9.35. The molecule has 0 radical (unpaired) electrons. The Morgan fingerprint density at radius 3 is 2.50 bits per heavy atom. The zero-order chi connectivity index (χ0) is 21.7. The van der Waals surface area contributed by atoms with E-state index in [1.54, 1.807) is 24.3 Å². The molecule has 1 N–H and O–H groups in total. The third-order valence-electron chi connectivity index (χ3n) is 5.37. The summed E-state index contributed by atoms with van der Waals surface area (Å²) in [6, 6.07) is 9.73. The molecule has 1 amide bonds. The predicted molar refractivity (Wildman–Crippen MR) is 103 cm³/mol. The Morgan fingerprint density at radius 2 is 1.90 bits per heavy atom. The number of alkyl halides is 3. The second-order valence-electron chi connectivity index (χ2n) is 7.44. The molecule has 0 spiro atoms. The second kappa shape index (κ2) is 6.83. The first-order valence-electron chi connectivity index (χ1n) is 9.19. The van der Waals surface area contributed by atoms with Crippen molar-refractivity contribution in [3.63, 3.8) is 0 Å². The molecule has 2 aromatic heterocycles. The number of halogens is 3. The Labute approximate surface area is 170 Å². The minimum absolute atomic E-state index is 0.0886. The van der Waals surface area contributed by atoms with E-state index >= 15 is 0 Å². The van der Waals surface area contributed by atoms with Gasteiger partial charge in [-0.25, -0.2) is 13.4 Å². The summed E-state index contributed by atoms with van der Waals surface area (Å²) in [5, 5.41) is 2.55. The van der Waals surface area contributed by atoms with Crippen LogP contribution in [0.3, 0.4) is 0 Å². The van der Waals surface area contributed by atoms with Crippen molar-refractivity contribution in [1.29, 1.82) is 0 Å². The first kappa shape index (κ1) is 20.4. The van der Waals surface area contributed by atoms with Crippen molar-refractivity contribution in [3.05, 3.63) is 65.5 Å². The van der Waals surface area contributed by atoms with Crippen LogP contribution in [0.1, 0.15) is 40.9 Å². The number of aromatic nitrogens is 2. The van der Waals surface area contributed by atoms with E-state index < -0.39 is 33.0 Å². The molecular weight excluding hydrogens is 419 g/mol. The van der Waals surface area contributed by atoms with Gasteiger partial charge in [-0.15, -0.1) is 0 Å². The molecule has 1 aromatic carbocycles. The molecule has 1 aliphatic rings. The number of fused-ring (bicyclic) bond motifs is 1. The van der Waals surface area contributed by atoms with Gasteiger partial charge in [-0.1, -0.05) is 18.2 Å². The van der Waals surface area contributed by atoms with Gasteiger partial charge in [-0.3, -0.25) is 9.20 Å². The van der Waals surface area contributed by atoms with Gasteiger partial charge in [0.05, 0.1) is 16.6 Å². The van der Waals surface area contributed by atoms with Crippen molar-refractivity contribution < 1.29 is 26.4 Å². The summed E-state index contributed by atoms with van der Waals surface area (Å²) >= 11 is 0. The van der Waals surface area contributed by atoms with Crippen LogP contribution in [0.15, 0.2) is 53.8 Å². The zero-order valence-corrected chi connectivity index (χ0v) is 16.7. The highest BCUT2D eigenvalue weighted by Gasteiger charge is 2.42. The number of pyridine rings is 1. The predicted octanol–water partition coefficient (Wildman–Crippen LogP) is 3.57. The van der Waals surface area contributed by atoms with E-state index in [0.717, 1.165) is 24.8 Å². The van der Waals surface area contributed by atoms with Gasteiger partial charge in [-0.2, -0.15) is 13.2 Å². The number of amides is 1. The van der Waals surface area contributed by atoms with Crippen LogP contribution < -0.4 is 5.32 Å². The van der Waals surface area contributed by atoms with E-state index in [0.29, 0.717) is 23.9 Å².